The standard InChI is InChI=1S/C13H12ClNOS/c1-9-7-10(14)4-5-11(9)15-8-12(16)13-3-2-6-17-13/h2-7,15H,8H2,1H3. The van der Waals surface area contributed by atoms with Gasteiger partial charge in [0.1, 0.15) is 0 Å². The van der Waals surface area contributed by atoms with E-state index in [1.54, 1.807) is 0 Å². The second-order valence-electron chi connectivity index (χ2n) is 3.71. The summed E-state index contributed by atoms with van der Waals surface area (Å²) in [5.41, 5.74) is 1.98. The number of thiophene rings is 1. The van der Waals surface area contributed by atoms with Gasteiger partial charge in [-0.3, -0.25) is 4.79 Å². The molecule has 1 N–H and O–H groups in total. The van der Waals surface area contributed by atoms with Crippen molar-refractivity contribution in [3.8, 4) is 0 Å². The van der Waals surface area contributed by atoms with E-state index >= 15 is 0 Å². The quantitative estimate of drug-likeness (QED) is 0.847. The second-order valence-corrected chi connectivity index (χ2v) is 5.10. The van der Waals surface area contributed by atoms with Crippen LogP contribution in [0.2, 0.25) is 5.02 Å². The molecule has 0 radical (unpaired) electrons. The van der Waals surface area contributed by atoms with E-state index in [4.69, 9.17) is 11.6 Å². The van der Waals surface area contributed by atoms with Crippen molar-refractivity contribution in [2.75, 3.05) is 11.9 Å². The maximum absolute atomic E-state index is 11.8. The van der Waals surface area contributed by atoms with Gasteiger partial charge in [-0.2, -0.15) is 0 Å². The summed E-state index contributed by atoms with van der Waals surface area (Å²) in [7, 11) is 0. The molecule has 0 aliphatic carbocycles. The Balaban J connectivity index is 2.01. The number of anilines is 1. The van der Waals surface area contributed by atoms with E-state index in [9.17, 15) is 4.79 Å². The molecule has 88 valence electrons. The van der Waals surface area contributed by atoms with Gasteiger partial charge in [-0.1, -0.05) is 17.7 Å². The van der Waals surface area contributed by atoms with Crippen LogP contribution in [0.4, 0.5) is 5.69 Å². The van der Waals surface area contributed by atoms with Crippen molar-refractivity contribution in [2.45, 2.75) is 6.92 Å². The molecule has 1 aromatic heterocycles. The van der Waals surface area contributed by atoms with E-state index < -0.39 is 0 Å². The fourth-order valence-corrected chi connectivity index (χ4v) is 2.42. The number of rotatable bonds is 4. The minimum atomic E-state index is 0.106. The van der Waals surface area contributed by atoms with E-state index in [-0.39, 0.29) is 5.78 Å². The highest BCUT2D eigenvalue weighted by atomic mass is 35.5. The summed E-state index contributed by atoms with van der Waals surface area (Å²) in [4.78, 5) is 12.6. The summed E-state index contributed by atoms with van der Waals surface area (Å²) in [6.45, 7) is 2.27. The molecule has 0 fully saturated rings. The zero-order valence-corrected chi connectivity index (χ0v) is 10.9. The van der Waals surface area contributed by atoms with Gasteiger partial charge in [0.15, 0.2) is 5.78 Å². The SMILES string of the molecule is Cc1cc(Cl)ccc1NCC(=O)c1cccs1. The summed E-state index contributed by atoms with van der Waals surface area (Å²) < 4.78 is 0. The highest BCUT2D eigenvalue weighted by molar-refractivity contribution is 7.12. The average Bonchev–Trinajstić information content (AvgIpc) is 2.81. The van der Waals surface area contributed by atoms with Gasteiger partial charge in [-0.25, -0.2) is 0 Å². The molecule has 0 spiro atoms. The number of hydrogen-bond acceptors (Lipinski definition) is 3. The third kappa shape index (κ3) is 3.08. The van der Waals surface area contributed by atoms with Crippen LogP contribution in [-0.2, 0) is 0 Å². The molecule has 0 aliphatic heterocycles. The number of hydrogen-bond donors (Lipinski definition) is 1. The van der Waals surface area contributed by atoms with Crippen LogP contribution in [0.3, 0.4) is 0 Å². The predicted molar refractivity (Wildman–Crippen MR) is 73.3 cm³/mol. The number of Topliss-reactive ketones (excluding diaryl/α,β-unsaturated/α-hetero) is 1. The molecule has 4 heteroatoms. The Bertz CT molecular complexity index is 522. The Hall–Kier alpha value is -1.32. The molecule has 2 rings (SSSR count). The lowest BCUT2D eigenvalue weighted by atomic mass is 10.2. The van der Waals surface area contributed by atoms with Crippen LogP contribution in [0.15, 0.2) is 35.7 Å². The molecule has 17 heavy (non-hydrogen) atoms. The van der Waals surface area contributed by atoms with Crippen LogP contribution >= 0.6 is 22.9 Å². The topological polar surface area (TPSA) is 29.1 Å². The summed E-state index contributed by atoms with van der Waals surface area (Å²) in [5.74, 6) is 0.106. The Morgan fingerprint density at radius 1 is 1.41 bits per heavy atom. The second kappa shape index (κ2) is 5.34. The van der Waals surface area contributed by atoms with Crippen molar-refractivity contribution in [3.63, 3.8) is 0 Å². The van der Waals surface area contributed by atoms with Crippen molar-refractivity contribution in [1.82, 2.24) is 0 Å². The van der Waals surface area contributed by atoms with Crippen molar-refractivity contribution in [1.29, 1.82) is 0 Å². The van der Waals surface area contributed by atoms with Gasteiger partial charge in [0.05, 0.1) is 11.4 Å². The molecule has 0 saturated heterocycles. The molecule has 2 aromatic rings. The van der Waals surface area contributed by atoms with Gasteiger partial charge in [-0.15, -0.1) is 11.3 Å². The predicted octanol–water partition coefficient (Wildman–Crippen LogP) is 4.00. The third-order valence-corrected chi connectivity index (χ3v) is 3.57. The molecular weight excluding hydrogens is 254 g/mol. The fraction of sp³-hybridized carbons (Fsp3) is 0.154. The number of ketones is 1. The highest BCUT2D eigenvalue weighted by Gasteiger charge is 2.07. The number of nitrogens with one attached hydrogen (secondary N) is 1. The average molecular weight is 266 g/mol. The van der Waals surface area contributed by atoms with Crippen molar-refractivity contribution >= 4 is 34.4 Å². The summed E-state index contributed by atoms with van der Waals surface area (Å²) in [6, 6.07) is 9.29. The van der Waals surface area contributed by atoms with Crippen molar-refractivity contribution in [2.24, 2.45) is 0 Å². The monoisotopic (exact) mass is 265 g/mol. The number of aryl methyl sites for hydroxylation is 1. The van der Waals surface area contributed by atoms with Crippen LogP contribution in [0.1, 0.15) is 15.2 Å². The Labute approximate surface area is 109 Å². The largest absolute Gasteiger partial charge is 0.377 e. The van der Waals surface area contributed by atoms with Crippen LogP contribution in [0.25, 0.3) is 0 Å². The van der Waals surface area contributed by atoms with E-state index in [1.165, 1.54) is 11.3 Å². The number of carbonyl (C=O) groups is 1. The van der Waals surface area contributed by atoms with E-state index in [0.29, 0.717) is 11.6 Å². The zero-order valence-electron chi connectivity index (χ0n) is 9.37. The molecular formula is C13H12ClNOS. The van der Waals surface area contributed by atoms with Crippen molar-refractivity contribution in [3.05, 3.63) is 51.2 Å². The first-order chi connectivity index (χ1) is 8.16. The first kappa shape index (κ1) is 12.1. The van der Waals surface area contributed by atoms with E-state index in [2.05, 4.69) is 5.32 Å². The fourth-order valence-electron chi connectivity index (χ4n) is 1.53. The minimum absolute atomic E-state index is 0.106. The van der Waals surface area contributed by atoms with Gasteiger partial charge >= 0.3 is 0 Å². The summed E-state index contributed by atoms with van der Waals surface area (Å²) in [5, 5.41) is 5.74. The number of benzene rings is 1. The summed E-state index contributed by atoms with van der Waals surface area (Å²) in [6.07, 6.45) is 0. The minimum Gasteiger partial charge on any atom is -0.377 e. The molecule has 1 heterocycles. The first-order valence-electron chi connectivity index (χ1n) is 5.23. The van der Waals surface area contributed by atoms with E-state index in [1.807, 2.05) is 42.6 Å². The number of halogens is 1. The van der Waals surface area contributed by atoms with Crippen LogP contribution in [0.5, 0.6) is 0 Å². The van der Waals surface area contributed by atoms with Gasteiger partial charge in [0.2, 0.25) is 0 Å². The van der Waals surface area contributed by atoms with Crippen LogP contribution in [-0.4, -0.2) is 12.3 Å². The molecule has 0 saturated carbocycles. The molecule has 0 unspecified atom stereocenters. The van der Waals surface area contributed by atoms with Crippen molar-refractivity contribution < 1.29 is 4.79 Å². The smallest absolute Gasteiger partial charge is 0.191 e. The molecule has 1 aromatic carbocycles. The van der Waals surface area contributed by atoms with Gasteiger partial charge in [-0.05, 0) is 42.1 Å². The third-order valence-electron chi connectivity index (χ3n) is 2.42. The van der Waals surface area contributed by atoms with Gasteiger partial charge < -0.3 is 5.32 Å². The first-order valence-corrected chi connectivity index (χ1v) is 6.49. The Morgan fingerprint density at radius 2 is 2.24 bits per heavy atom. The molecule has 0 aliphatic rings. The maximum Gasteiger partial charge on any atom is 0.191 e. The lowest BCUT2D eigenvalue weighted by Crippen LogP contribution is -2.13. The van der Waals surface area contributed by atoms with Crippen LogP contribution in [0, 0.1) is 6.92 Å². The van der Waals surface area contributed by atoms with Crippen LogP contribution < -0.4 is 5.32 Å². The Morgan fingerprint density at radius 3 is 2.88 bits per heavy atom. The number of carbonyl (C=O) groups excluding carboxylic acids is 1. The van der Waals surface area contributed by atoms with Gasteiger partial charge in [0, 0.05) is 10.7 Å². The van der Waals surface area contributed by atoms with E-state index in [0.717, 1.165) is 16.1 Å². The highest BCUT2D eigenvalue weighted by Crippen LogP contribution is 2.19. The van der Waals surface area contributed by atoms with Gasteiger partial charge in [0.25, 0.3) is 0 Å². The molecule has 0 amide bonds. The molecule has 0 atom stereocenters. The molecule has 2 nitrogen and oxygen atoms in total. The molecule has 0 bridgehead atoms. The maximum atomic E-state index is 11.8. The summed E-state index contributed by atoms with van der Waals surface area (Å²) >= 11 is 7.33. The lowest BCUT2D eigenvalue weighted by Gasteiger charge is -2.08. The Kier molecular flexibility index (Phi) is 3.82. The zero-order chi connectivity index (χ0) is 12.3. The lowest BCUT2D eigenvalue weighted by molar-refractivity contribution is 0.101. The normalized spacial score (nSPS) is 10.2.